The maximum absolute atomic E-state index is 10.6. The van der Waals surface area contributed by atoms with Gasteiger partial charge in [-0.25, -0.2) is 9.59 Å². The predicted molar refractivity (Wildman–Crippen MR) is 118 cm³/mol. The molecule has 1 N–H and O–H groups in total. The van der Waals surface area contributed by atoms with Crippen LogP contribution < -0.4 is 4.74 Å². The quantitative estimate of drug-likeness (QED) is 0.407. The number of benzene rings is 2. The molecule has 2 aromatic carbocycles. The van der Waals surface area contributed by atoms with Crippen LogP contribution in [-0.4, -0.2) is 23.7 Å². The van der Waals surface area contributed by atoms with E-state index in [0.717, 1.165) is 33.8 Å². The van der Waals surface area contributed by atoms with Crippen LogP contribution in [0.4, 0.5) is 0 Å². The summed E-state index contributed by atoms with van der Waals surface area (Å²) < 4.78 is 11.4. The van der Waals surface area contributed by atoms with E-state index in [0.29, 0.717) is 18.8 Å². The first-order valence-corrected chi connectivity index (χ1v) is 9.82. The average molecular weight is 461 g/mol. The van der Waals surface area contributed by atoms with Crippen LogP contribution in [0.3, 0.4) is 0 Å². The van der Waals surface area contributed by atoms with Crippen LogP contribution in [0.2, 0.25) is 0 Å². The van der Waals surface area contributed by atoms with Gasteiger partial charge < -0.3 is 14.6 Å². The number of carboxylic acid groups (broad SMARTS) is 1. The van der Waals surface area contributed by atoms with Crippen LogP contribution in [-0.2, 0) is 20.9 Å². The topological polar surface area (TPSA) is 72.8 Å². The first-order valence-electron chi connectivity index (χ1n) is 9.02. The van der Waals surface area contributed by atoms with Crippen LogP contribution in [0.1, 0.15) is 31.4 Å². The molecule has 0 saturated heterocycles. The van der Waals surface area contributed by atoms with Gasteiger partial charge >= 0.3 is 11.9 Å². The molecule has 0 aliphatic carbocycles. The summed E-state index contributed by atoms with van der Waals surface area (Å²) in [4.78, 5) is 21.0. The summed E-state index contributed by atoms with van der Waals surface area (Å²) in [6, 6.07) is 15.2. The highest BCUT2D eigenvalue weighted by Crippen LogP contribution is 2.16. The zero-order valence-corrected chi connectivity index (χ0v) is 18.1. The lowest BCUT2D eigenvalue weighted by atomic mass is 10.2. The third-order valence-electron chi connectivity index (χ3n) is 3.40. The van der Waals surface area contributed by atoms with Crippen molar-refractivity contribution in [2.24, 2.45) is 0 Å². The number of halogens is 1. The second kappa shape index (κ2) is 13.3. The molecule has 29 heavy (non-hydrogen) atoms. The molecule has 0 amide bonds. The summed E-state index contributed by atoms with van der Waals surface area (Å²) in [5.74, 6) is -0.502. The van der Waals surface area contributed by atoms with Gasteiger partial charge in [0.2, 0.25) is 0 Å². The minimum absolute atomic E-state index is 0.295. The summed E-state index contributed by atoms with van der Waals surface area (Å²) in [7, 11) is 0. The molecule has 0 spiro atoms. The van der Waals surface area contributed by atoms with Crippen molar-refractivity contribution < 1.29 is 24.2 Å². The zero-order chi connectivity index (χ0) is 21.6. The van der Waals surface area contributed by atoms with E-state index in [4.69, 9.17) is 14.6 Å². The number of aliphatic carboxylic acids is 1. The summed E-state index contributed by atoms with van der Waals surface area (Å²) in [6.07, 6.45) is 3.51. The third kappa shape index (κ3) is 10.9. The van der Waals surface area contributed by atoms with Crippen molar-refractivity contribution in [1.29, 1.82) is 0 Å². The lowest BCUT2D eigenvalue weighted by Gasteiger charge is -2.06. The van der Waals surface area contributed by atoms with Gasteiger partial charge in [0, 0.05) is 16.1 Å². The van der Waals surface area contributed by atoms with Gasteiger partial charge in [0.05, 0.1) is 6.61 Å². The van der Waals surface area contributed by atoms with Gasteiger partial charge in [-0.15, -0.1) is 0 Å². The van der Waals surface area contributed by atoms with Crippen LogP contribution in [0.25, 0.3) is 6.08 Å². The molecular formula is C23H25BrO5. The molecule has 2 rings (SSSR count). The van der Waals surface area contributed by atoms with Gasteiger partial charge in [-0.3, -0.25) is 0 Å². The predicted octanol–water partition coefficient (Wildman–Crippen LogP) is 5.64. The lowest BCUT2D eigenvalue weighted by Crippen LogP contribution is -2.04. The van der Waals surface area contributed by atoms with Crippen LogP contribution >= 0.6 is 15.9 Å². The number of hydrogen-bond donors (Lipinski definition) is 1. The average Bonchev–Trinajstić information content (AvgIpc) is 2.71. The fraction of sp³-hybridized carbons (Fsp3) is 0.217. The molecule has 0 saturated carbocycles. The molecule has 154 valence electrons. The van der Waals surface area contributed by atoms with E-state index in [1.54, 1.807) is 13.0 Å². The standard InChI is InChI=1S/C16H13BrO3.C7H12O2/c17-14-6-1-13(2-7-14)11-20-15-8-3-12(4-9-15)5-10-16(18)19;1-4-5-9-7(8)6(2)3/h1-10H,11H2,(H,18,19);2,4-5H2,1,3H3. The van der Waals surface area contributed by atoms with Crippen molar-refractivity contribution in [3.05, 3.63) is 82.4 Å². The highest BCUT2D eigenvalue weighted by molar-refractivity contribution is 9.10. The molecule has 5 nitrogen and oxygen atoms in total. The molecule has 0 radical (unpaired) electrons. The Kier molecular flexibility index (Phi) is 11.1. The number of hydrogen-bond acceptors (Lipinski definition) is 4. The molecule has 0 aliphatic heterocycles. The molecule has 0 atom stereocenters. The van der Waals surface area contributed by atoms with Crippen molar-refractivity contribution >= 4 is 33.9 Å². The summed E-state index contributed by atoms with van der Waals surface area (Å²) in [6.45, 7) is 8.01. The number of carbonyl (C=O) groups is 2. The molecular weight excluding hydrogens is 436 g/mol. The van der Waals surface area contributed by atoms with Gasteiger partial charge in [-0.2, -0.15) is 0 Å². The molecule has 0 aliphatic rings. The summed E-state index contributed by atoms with van der Waals surface area (Å²) in [5.41, 5.74) is 2.37. The van der Waals surface area contributed by atoms with E-state index in [2.05, 4.69) is 22.5 Å². The fourth-order valence-corrected chi connectivity index (χ4v) is 2.17. The van der Waals surface area contributed by atoms with Crippen LogP contribution in [0.5, 0.6) is 5.75 Å². The smallest absolute Gasteiger partial charge is 0.333 e. The van der Waals surface area contributed by atoms with E-state index in [-0.39, 0.29) is 5.97 Å². The number of rotatable bonds is 8. The number of esters is 1. The van der Waals surface area contributed by atoms with Gasteiger partial charge in [0.15, 0.2) is 0 Å². The SMILES string of the molecule is C=C(C)C(=O)OCCC.O=C(O)C=Cc1ccc(OCc2ccc(Br)cc2)cc1. The highest BCUT2D eigenvalue weighted by atomic mass is 79.9. The first kappa shape index (κ1) is 24.2. The van der Waals surface area contributed by atoms with Gasteiger partial charge in [-0.05, 0) is 54.8 Å². The molecule has 2 aromatic rings. The zero-order valence-electron chi connectivity index (χ0n) is 16.6. The van der Waals surface area contributed by atoms with Crippen molar-refractivity contribution in [3.8, 4) is 5.75 Å². The van der Waals surface area contributed by atoms with Gasteiger partial charge in [-0.1, -0.05) is 53.7 Å². The van der Waals surface area contributed by atoms with Gasteiger partial charge in [0.25, 0.3) is 0 Å². The summed E-state index contributed by atoms with van der Waals surface area (Å²) >= 11 is 3.39. The lowest BCUT2D eigenvalue weighted by molar-refractivity contribution is -0.139. The minimum Gasteiger partial charge on any atom is -0.489 e. The Morgan fingerprint density at radius 2 is 1.72 bits per heavy atom. The Morgan fingerprint density at radius 1 is 1.10 bits per heavy atom. The van der Waals surface area contributed by atoms with E-state index < -0.39 is 5.97 Å². The molecule has 0 fully saturated rings. The summed E-state index contributed by atoms with van der Waals surface area (Å²) in [5, 5.41) is 8.54. The number of ether oxygens (including phenoxy) is 2. The maximum Gasteiger partial charge on any atom is 0.333 e. The third-order valence-corrected chi connectivity index (χ3v) is 3.93. The Hall–Kier alpha value is -2.86. The number of carboxylic acids is 1. The minimum atomic E-state index is -0.958. The van der Waals surface area contributed by atoms with E-state index in [1.165, 1.54) is 0 Å². The largest absolute Gasteiger partial charge is 0.489 e. The van der Waals surface area contributed by atoms with E-state index in [1.807, 2.05) is 55.5 Å². The highest BCUT2D eigenvalue weighted by Gasteiger charge is 1.99. The molecule has 0 aromatic heterocycles. The van der Waals surface area contributed by atoms with E-state index in [9.17, 15) is 9.59 Å². The van der Waals surface area contributed by atoms with Crippen LogP contribution in [0, 0.1) is 0 Å². The molecule has 0 bridgehead atoms. The first-order chi connectivity index (χ1) is 13.8. The van der Waals surface area contributed by atoms with Crippen molar-refractivity contribution in [3.63, 3.8) is 0 Å². The maximum atomic E-state index is 10.6. The van der Waals surface area contributed by atoms with Crippen molar-refractivity contribution in [1.82, 2.24) is 0 Å². The second-order valence-electron chi connectivity index (χ2n) is 6.07. The van der Waals surface area contributed by atoms with E-state index >= 15 is 0 Å². The molecule has 6 heteroatoms. The Morgan fingerprint density at radius 3 is 2.24 bits per heavy atom. The Bertz CT molecular complexity index is 823. The monoisotopic (exact) mass is 460 g/mol. The Balaban J connectivity index is 0.000000396. The normalized spacial score (nSPS) is 10.0. The molecule has 0 unspecified atom stereocenters. The second-order valence-corrected chi connectivity index (χ2v) is 6.99. The van der Waals surface area contributed by atoms with Crippen molar-refractivity contribution in [2.45, 2.75) is 26.9 Å². The number of carbonyl (C=O) groups excluding carboxylic acids is 1. The molecule has 0 heterocycles. The van der Waals surface area contributed by atoms with Crippen LogP contribution in [0.15, 0.2) is 71.2 Å². The van der Waals surface area contributed by atoms with Gasteiger partial charge in [0.1, 0.15) is 12.4 Å². The Labute approximate surface area is 179 Å². The van der Waals surface area contributed by atoms with Crippen molar-refractivity contribution in [2.75, 3.05) is 6.61 Å². The fourth-order valence-electron chi connectivity index (χ4n) is 1.91.